The summed E-state index contributed by atoms with van der Waals surface area (Å²) in [5.74, 6) is 0.884. The number of rotatable bonds is 5. The highest BCUT2D eigenvalue weighted by Crippen LogP contribution is 2.20. The molecule has 4 heteroatoms. The highest BCUT2D eigenvalue weighted by atomic mass is 16.5. The number of likely N-dealkylation sites (tertiary alicyclic amines) is 1. The van der Waals surface area contributed by atoms with Crippen LogP contribution in [0.15, 0.2) is 24.3 Å². The van der Waals surface area contributed by atoms with Crippen molar-refractivity contribution in [3.05, 3.63) is 29.8 Å². The van der Waals surface area contributed by atoms with E-state index in [0.29, 0.717) is 12.6 Å². The molecule has 1 aliphatic rings. The van der Waals surface area contributed by atoms with E-state index in [-0.39, 0.29) is 6.03 Å². The van der Waals surface area contributed by atoms with E-state index in [1.165, 1.54) is 0 Å². The van der Waals surface area contributed by atoms with E-state index in [2.05, 4.69) is 12.2 Å². The molecular formula is C16H24N2O2. The number of hydrogen-bond donors (Lipinski definition) is 1. The third-order valence-electron chi connectivity index (χ3n) is 3.97. The Balaban J connectivity index is 1.82. The van der Waals surface area contributed by atoms with Gasteiger partial charge in [0.1, 0.15) is 5.75 Å². The Hall–Kier alpha value is -1.71. The fraction of sp³-hybridized carbons (Fsp3) is 0.562. The summed E-state index contributed by atoms with van der Waals surface area (Å²) in [6.45, 7) is 3.68. The number of amides is 2. The lowest BCUT2D eigenvalue weighted by Gasteiger charge is -2.24. The standard InChI is InChI=1S/C16H24N2O2/c1-3-14-8-6-12-18(14)16(19)17-11-10-13-7-4-5-9-15(13)20-2/h4-5,7,9,14H,3,6,8,10-12H2,1-2H3,(H,17,19). The van der Waals surface area contributed by atoms with Crippen molar-refractivity contribution in [3.8, 4) is 5.75 Å². The summed E-state index contributed by atoms with van der Waals surface area (Å²) in [6, 6.07) is 8.43. The Bertz CT molecular complexity index is 448. The number of carbonyl (C=O) groups is 1. The Morgan fingerprint density at radius 1 is 1.45 bits per heavy atom. The van der Waals surface area contributed by atoms with Crippen LogP contribution in [0.3, 0.4) is 0 Å². The van der Waals surface area contributed by atoms with Crippen LogP contribution in [0.2, 0.25) is 0 Å². The topological polar surface area (TPSA) is 41.6 Å². The lowest BCUT2D eigenvalue weighted by Crippen LogP contribution is -2.43. The predicted molar refractivity (Wildman–Crippen MR) is 80.1 cm³/mol. The van der Waals surface area contributed by atoms with Gasteiger partial charge in [0.15, 0.2) is 0 Å². The van der Waals surface area contributed by atoms with E-state index in [0.717, 1.165) is 43.5 Å². The Labute approximate surface area is 121 Å². The number of methoxy groups -OCH3 is 1. The van der Waals surface area contributed by atoms with Crippen LogP contribution in [0.4, 0.5) is 4.79 Å². The largest absolute Gasteiger partial charge is 0.496 e. The monoisotopic (exact) mass is 276 g/mol. The van der Waals surface area contributed by atoms with Crippen molar-refractivity contribution < 1.29 is 9.53 Å². The van der Waals surface area contributed by atoms with Crippen LogP contribution in [0, 0.1) is 0 Å². The number of carbonyl (C=O) groups excluding carboxylic acids is 1. The fourth-order valence-electron chi connectivity index (χ4n) is 2.84. The third-order valence-corrected chi connectivity index (χ3v) is 3.97. The zero-order valence-corrected chi connectivity index (χ0v) is 12.4. The van der Waals surface area contributed by atoms with Crippen LogP contribution >= 0.6 is 0 Å². The van der Waals surface area contributed by atoms with E-state index < -0.39 is 0 Å². The molecule has 2 rings (SSSR count). The Kier molecular flexibility index (Phi) is 5.27. The first-order valence-electron chi connectivity index (χ1n) is 7.42. The minimum absolute atomic E-state index is 0.0734. The van der Waals surface area contributed by atoms with Gasteiger partial charge in [-0.25, -0.2) is 4.79 Å². The van der Waals surface area contributed by atoms with Crippen LogP contribution in [0.1, 0.15) is 31.7 Å². The molecule has 1 unspecified atom stereocenters. The minimum atomic E-state index is 0.0734. The van der Waals surface area contributed by atoms with Crippen LogP contribution in [-0.2, 0) is 6.42 Å². The molecule has 1 aromatic rings. The number of para-hydroxylation sites is 1. The van der Waals surface area contributed by atoms with Crippen molar-refractivity contribution in [2.75, 3.05) is 20.2 Å². The van der Waals surface area contributed by atoms with Crippen molar-refractivity contribution in [1.29, 1.82) is 0 Å². The molecule has 1 aromatic carbocycles. The maximum atomic E-state index is 12.1. The van der Waals surface area contributed by atoms with Crippen molar-refractivity contribution in [2.24, 2.45) is 0 Å². The summed E-state index contributed by atoms with van der Waals surface area (Å²) in [6.07, 6.45) is 4.09. The van der Waals surface area contributed by atoms with Gasteiger partial charge in [0.2, 0.25) is 0 Å². The molecule has 0 aromatic heterocycles. The lowest BCUT2D eigenvalue weighted by molar-refractivity contribution is 0.191. The van der Waals surface area contributed by atoms with Crippen LogP contribution in [0.25, 0.3) is 0 Å². The summed E-state index contributed by atoms with van der Waals surface area (Å²) < 4.78 is 5.31. The zero-order valence-electron chi connectivity index (χ0n) is 12.4. The molecule has 0 aliphatic carbocycles. The molecule has 4 nitrogen and oxygen atoms in total. The summed E-state index contributed by atoms with van der Waals surface area (Å²) in [5, 5.41) is 3.02. The van der Waals surface area contributed by atoms with E-state index in [9.17, 15) is 4.79 Å². The number of hydrogen-bond acceptors (Lipinski definition) is 2. The second-order valence-corrected chi connectivity index (χ2v) is 5.19. The Morgan fingerprint density at radius 2 is 2.25 bits per heavy atom. The van der Waals surface area contributed by atoms with Crippen molar-refractivity contribution in [2.45, 2.75) is 38.6 Å². The van der Waals surface area contributed by atoms with Crippen molar-refractivity contribution in [3.63, 3.8) is 0 Å². The van der Waals surface area contributed by atoms with Gasteiger partial charge in [0.25, 0.3) is 0 Å². The molecule has 1 N–H and O–H groups in total. The molecule has 0 radical (unpaired) electrons. The number of nitrogens with zero attached hydrogens (tertiary/aromatic N) is 1. The van der Waals surface area contributed by atoms with Gasteiger partial charge < -0.3 is 15.0 Å². The molecule has 0 spiro atoms. The molecule has 1 aliphatic heterocycles. The second-order valence-electron chi connectivity index (χ2n) is 5.19. The van der Waals surface area contributed by atoms with E-state index in [4.69, 9.17) is 4.74 Å². The number of urea groups is 1. The molecule has 1 saturated heterocycles. The molecular weight excluding hydrogens is 252 g/mol. The minimum Gasteiger partial charge on any atom is -0.496 e. The molecule has 2 amide bonds. The predicted octanol–water partition coefficient (Wildman–Crippen LogP) is 2.82. The van der Waals surface area contributed by atoms with Gasteiger partial charge in [-0.3, -0.25) is 0 Å². The SMILES string of the molecule is CCC1CCCN1C(=O)NCCc1ccccc1OC. The average Bonchev–Trinajstić information content (AvgIpc) is 2.96. The zero-order chi connectivity index (χ0) is 14.4. The quantitative estimate of drug-likeness (QED) is 0.898. The van der Waals surface area contributed by atoms with Gasteiger partial charge in [-0.2, -0.15) is 0 Å². The summed E-state index contributed by atoms with van der Waals surface area (Å²) >= 11 is 0. The highest BCUT2D eigenvalue weighted by Gasteiger charge is 2.26. The van der Waals surface area contributed by atoms with Gasteiger partial charge in [-0.1, -0.05) is 25.1 Å². The summed E-state index contributed by atoms with van der Waals surface area (Å²) in [7, 11) is 1.67. The molecule has 20 heavy (non-hydrogen) atoms. The van der Waals surface area contributed by atoms with Gasteiger partial charge in [-0.05, 0) is 37.3 Å². The number of nitrogens with one attached hydrogen (secondary N) is 1. The highest BCUT2D eigenvalue weighted by molar-refractivity contribution is 5.74. The first-order valence-corrected chi connectivity index (χ1v) is 7.42. The molecule has 110 valence electrons. The number of benzene rings is 1. The van der Waals surface area contributed by atoms with Crippen molar-refractivity contribution in [1.82, 2.24) is 10.2 Å². The van der Waals surface area contributed by atoms with Crippen molar-refractivity contribution >= 4 is 6.03 Å². The van der Waals surface area contributed by atoms with Gasteiger partial charge in [0, 0.05) is 19.1 Å². The molecule has 0 saturated carbocycles. The molecule has 1 atom stereocenters. The van der Waals surface area contributed by atoms with Crippen LogP contribution < -0.4 is 10.1 Å². The van der Waals surface area contributed by atoms with E-state index in [1.54, 1.807) is 7.11 Å². The lowest BCUT2D eigenvalue weighted by atomic mass is 10.1. The molecule has 1 fully saturated rings. The Morgan fingerprint density at radius 3 is 3.00 bits per heavy atom. The third kappa shape index (κ3) is 3.44. The smallest absolute Gasteiger partial charge is 0.317 e. The maximum Gasteiger partial charge on any atom is 0.317 e. The number of ether oxygens (including phenoxy) is 1. The molecule has 1 heterocycles. The summed E-state index contributed by atoms with van der Waals surface area (Å²) in [4.78, 5) is 14.1. The van der Waals surface area contributed by atoms with Gasteiger partial charge in [0.05, 0.1) is 7.11 Å². The van der Waals surface area contributed by atoms with E-state index in [1.807, 2.05) is 29.2 Å². The van der Waals surface area contributed by atoms with Gasteiger partial charge in [-0.15, -0.1) is 0 Å². The average molecular weight is 276 g/mol. The first kappa shape index (κ1) is 14.7. The molecule has 0 bridgehead atoms. The van der Waals surface area contributed by atoms with Crippen LogP contribution in [-0.4, -0.2) is 37.2 Å². The maximum absolute atomic E-state index is 12.1. The first-order chi connectivity index (χ1) is 9.76. The summed E-state index contributed by atoms with van der Waals surface area (Å²) in [5.41, 5.74) is 1.13. The van der Waals surface area contributed by atoms with E-state index >= 15 is 0 Å². The van der Waals surface area contributed by atoms with Gasteiger partial charge >= 0.3 is 6.03 Å². The second kappa shape index (κ2) is 7.17. The van der Waals surface area contributed by atoms with Crippen LogP contribution in [0.5, 0.6) is 5.75 Å². The normalized spacial score (nSPS) is 18.1. The fourth-order valence-corrected chi connectivity index (χ4v) is 2.84.